The molecule has 2 saturated heterocycles. The minimum Gasteiger partial charge on any atom is -0.372 e. The SMILES string of the molecule is O=C(Nc1ccc(N2CCCC2)cc1)C1CCN(C(=O)c2cccs2)CC1. The number of carbonyl (C=O) groups excluding carboxylic acids is 2. The molecule has 4 rings (SSSR count). The van der Waals surface area contributed by atoms with Gasteiger partial charge in [-0.2, -0.15) is 0 Å². The maximum atomic E-state index is 12.6. The summed E-state index contributed by atoms with van der Waals surface area (Å²) in [7, 11) is 0. The van der Waals surface area contributed by atoms with Crippen LogP contribution in [0.1, 0.15) is 35.4 Å². The smallest absolute Gasteiger partial charge is 0.263 e. The van der Waals surface area contributed by atoms with Gasteiger partial charge in [0.05, 0.1) is 4.88 Å². The lowest BCUT2D eigenvalue weighted by Gasteiger charge is -2.31. The third-order valence-corrected chi connectivity index (χ3v) is 6.35. The quantitative estimate of drug-likeness (QED) is 0.873. The van der Waals surface area contributed by atoms with E-state index in [1.54, 1.807) is 0 Å². The second kappa shape index (κ2) is 8.13. The molecule has 0 bridgehead atoms. The van der Waals surface area contributed by atoms with Crippen LogP contribution in [0.25, 0.3) is 0 Å². The molecule has 0 saturated carbocycles. The second-order valence-corrected chi connectivity index (χ2v) is 8.22. The molecule has 142 valence electrons. The fraction of sp³-hybridized carbons (Fsp3) is 0.429. The number of hydrogen-bond donors (Lipinski definition) is 1. The Hall–Kier alpha value is -2.34. The molecule has 5 nitrogen and oxygen atoms in total. The Morgan fingerprint density at radius 1 is 0.963 bits per heavy atom. The van der Waals surface area contributed by atoms with Gasteiger partial charge in [-0.25, -0.2) is 0 Å². The van der Waals surface area contributed by atoms with Gasteiger partial charge < -0.3 is 15.1 Å². The number of anilines is 2. The number of carbonyl (C=O) groups is 2. The van der Waals surface area contributed by atoms with Crippen LogP contribution in [0.5, 0.6) is 0 Å². The van der Waals surface area contributed by atoms with Gasteiger partial charge in [-0.05, 0) is 61.4 Å². The summed E-state index contributed by atoms with van der Waals surface area (Å²) < 4.78 is 0. The zero-order chi connectivity index (χ0) is 18.6. The van der Waals surface area contributed by atoms with E-state index < -0.39 is 0 Å². The predicted molar refractivity (Wildman–Crippen MR) is 109 cm³/mol. The molecule has 2 aliphatic rings. The van der Waals surface area contributed by atoms with Gasteiger partial charge in [0.15, 0.2) is 0 Å². The Morgan fingerprint density at radius 2 is 1.67 bits per heavy atom. The van der Waals surface area contributed by atoms with Gasteiger partial charge in [-0.15, -0.1) is 11.3 Å². The van der Waals surface area contributed by atoms with Crippen molar-refractivity contribution in [1.82, 2.24) is 4.90 Å². The first-order valence-corrected chi connectivity index (χ1v) is 10.6. The third kappa shape index (κ3) is 4.16. The zero-order valence-electron chi connectivity index (χ0n) is 15.4. The lowest BCUT2D eigenvalue weighted by atomic mass is 9.95. The summed E-state index contributed by atoms with van der Waals surface area (Å²) in [6.45, 7) is 3.52. The van der Waals surface area contributed by atoms with Gasteiger partial charge >= 0.3 is 0 Å². The highest BCUT2D eigenvalue weighted by Gasteiger charge is 2.28. The van der Waals surface area contributed by atoms with Crippen molar-refractivity contribution in [2.24, 2.45) is 5.92 Å². The average Bonchev–Trinajstić information content (AvgIpc) is 3.42. The molecule has 2 aromatic rings. The van der Waals surface area contributed by atoms with Gasteiger partial charge in [0.1, 0.15) is 0 Å². The highest BCUT2D eigenvalue weighted by atomic mass is 32.1. The average molecular weight is 384 g/mol. The van der Waals surface area contributed by atoms with Gasteiger partial charge in [-0.3, -0.25) is 9.59 Å². The third-order valence-electron chi connectivity index (χ3n) is 5.49. The molecule has 1 aromatic carbocycles. The van der Waals surface area contributed by atoms with Crippen LogP contribution in [-0.2, 0) is 4.79 Å². The molecule has 0 unspecified atom stereocenters. The largest absolute Gasteiger partial charge is 0.372 e. The highest BCUT2D eigenvalue weighted by Crippen LogP contribution is 2.24. The Bertz CT molecular complexity index is 774. The fourth-order valence-corrected chi connectivity index (χ4v) is 4.57. The lowest BCUT2D eigenvalue weighted by Crippen LogP contribution is -2.41. The number of hydrogen-bond acceptors (Lipinski definition) is 4. The van der Waals surface area contributed by atoms with E-state index in [4.69, 9.17) is 0 Å². The van der Waals surface area contributed by atoms with Crippen molar-refractivity contribution < 1.29 is 9.59 Å². The van der Waals surface area contributed by atoms with E-state index in [2.05, 4.69) is 22.3 Å². The first-order chi connectivity index (χ1) is 13.2. The maximum absolute atomic E-state index is 12.6. The Balaban J connectivity index is 1.28. The number of rotatable bonds is 4. The molecule has 2 aliphatic heterocycles. The number of benzene rings is 1. The number of nitrogens with zero attached hydrogens (tertiary/aromatic N) is 2. The van der Waals surface area contributed by atoms with Gasteiger partial charge in [0.2, 0.25) is 5.91 Å². The molecule has 27 heavy (non-hydrogen) atoms. The van der Waals surface area contributed by atoms with E-state index in [9.17, 15) is 9.59 Å². The van der Waals surface area contributed by atoms with Crippen LogP contribution in [0.15, 0.2) is 41.8 Å². The molecule has 1 N–H and O–H groups in total. The van der Waals surface area contributed by atoms with E-state index in [1.807, 2.05) is 34.5 Å². The minimum absolute atomic E-state index is 0.0318. The van der Waals surface area contributed by atoms with Crippen LogP contribution in [-0.4, -0.2) is 42.9 Å². The van der Waals surface area contributed by atoms with Crippen molar-refractivity contribution in [3.63, 3.8) is 0 Å². The molecule has 0 radical (unpaired) electrons. The lowest BCUT2D eigenvalue weighted by molar-refractivity contribution is -0.121. The van der Waals surface area contributed by atoms with Gasteiger partial charge in [0.25, 0.3) is 5.91 Å². The summed E-state index contributed by atoms with van der Waals surface area (Å²) in [6, 6.07) is 11.9. The number of nitrogens with one attached hydrogen (secondary N) is 1. The Morgan fingerprint density at radius 3 is 2.30 bits per heavy atom. The number of likely N-dealkylation sites (tertiary alicyclic amines) is 1. The summed E-state index contributed by atoms with van der Waals surface area (Å²) in [5.41, 5.74) is 2.07. The molecule has 1 aromatic heterocycles. The second-order valence-electron chi connectivity index (χ2n) is 7.27. The van der Waals surface area contributed by atoms with Crippen LogP contribution in [0.3, 0.4) is 0 Å². The Kier molecular flexibility index (Phi) is 5.43. The van der Waals surface area contributed by atoms with Crippen molar-refractivity contribution in [3.8, 4) is 0 Å². The van der Waals surface area contributed by atoms with Crippen LogP contribution in [0.4, 0.5) is 11.4 Å². The summed E-state index contributed by atoms with van der Waals surface area (Å²) in [6.07, 6.45) is 3.95. The van der Waals surface area contributed by atoms with Crippen molar-refractivity contribution in [1.29, 1.82) is 0 Å². The summed E-state index contributed by atoms with van der Waals surface area (Å²) in [5.74, 6) is 0.115. The number of thiophene rings is 1. The molecule has 2 amide bonds. The molecular weight excluding hydrogens is 358 g/mol. The maximum Gasteiger partial charge on any atom is 0.263 e. The van der Waals surface area contributed by atoms with E-state index in [1.165, 1.54) is 29.9 Å². The van der Waals surface area contributed by atoms with E-state index in [0.29, 0.717) is 13.1 Å². The topological polar surface area (TPSA) is 52.7 Å². The summed E-state index contributed by atoms with van der Waals surface area (Å²) in [4.78, 5) is 30.0. The molecule has 0 atom stereocenters. The fourth-order valence-electron chi connectivity index (χ4n) is 3.88. The normalized spacial score (nSPS) is 17.9. The standard InChI is InChI=1S/C21H25N3O2S/c25-20(22-17-5-7-18(8-6-17)23-11-1-2-12-23)16-9-13-24(14-10-16)21(26)19-4-3-15-27-19/h3-8,15-16H,1-2,9-14H2,(H,22,25). The summed E-state index contributed by atoms with van der Waals surface area (Å²) >= 11 is 1.47. The monoisotopic (exact) mass is 383 g/mol. The van der Waals surface area contributed by atoms with Gasteiger partial charge in [0, 0.05) is 43.5 Å². The van der Waals surface area contributed by atoms with Crippen molar-refractivity contribution in [2.45, 2.75) is 25.7 Å². The molecule has 6 heteroatoms. The van der Waals surface area contributed by atoms with E-state index in [0.717, 1.165) is 36.5 Å². The van der Waals surface area contributed by atoms with Crippen LogP contribution in [0.2, 0.25) is 0 Å². The van der Waals surface area contributed by atoms with Crippen LogP contribution in [0, 0.1) is 5.92 Å². The molecule has 0 spiro atoms. The highest BCUT2D eigenvalue weighted by molar-refractivity contribution is 7.12. The van der Waals surface area contributed by atoms with Crippen molar-refractivity contribution in [3.05, 3.63) is 46.7 Å². The number of amides is 2. The molecule has 2 fully saturated rings. The van der Waals surface area contributed by atoms with Crippen molar-refractivity contribution in [2.75, 3.05) is 36.4 Å². The van der Waals surface area contributed by atoms with Crippen LogP contribution >= 0.6 is 11.3 Å². The first-order valence-electron chi connectivity index (χ1n) is 9.69. The molecule has 0 aliphatic carbocycles. The summed E-state index contributed by atoms with van der Waals surface area (Å²) in [5, 5.41) is 4.96. The Labute approximate surface area is 164 Å². The van der Waals surface area contributed by atoms with E-state index >= 15 is 0 Å². The van der Waals surface area contributed by atoms with Gasteiger partial charge in [-0.1, -0.05) is 6.07 Å². The molecular formula is C21H25N3O2S. The van der Waals surface area contributed by atoms with E-state index in [-0.39, 0.29) is 17.7 Å². The molecule has 3 heterocycles. The first kappa shape index (κ1) is 18.0. The van der Waals surface area contributed by atoms with Crippen molar-refractivity contribution >= 4 is 34.5 Å². The predicted octanol–water partition coefficient (Wildman–Crippen LogP) is 3.84. The number of piperidine rings is 1. The zero-order valence-corrected chi connectivity index (χ0v) is 16.2. The van der Waals surface area contributed by atoms with Crippen LogP contribution < -0.4 is 10.2 Å². The minimum atomic E-state index is -0.0318.